The third-order valence-corrected chi connectivity index (χ3v) is 6.10. The number of carbonyl (C=O) groups excluding carboxylic acids is 1. The van der Waals surface area contributed by atoms with Crippen molar-refractivity contribution in [1.82, 2.24) is 24.7 Å². The summed E-state index contributed by atoms with van der Waals surface area (Å²) in [7, 11) is 0. The quantitative estimate of drug-likeness (QED) is 0.461. The number of anilines is 1. The number of benzene rings is 1. The lowest BCUT2D eigenvalue weighted by molar-refractivity contribution is -0.115. The van der Waals surface area contributed by atoms with E-state index in [1.165, 1.54) is 16.9 Å². The highest BCUT2D eigenvalue weighted by Gasteiger charge is 2.18. The SMILES string of the molecule is CCc1ccc(-c2csc(NC(=O)Cc3c(C)nn(-c4nc(C)cc(C)n4)c3C)n2)cc1. The summed E-state index contributed by atoms with van der Waals surface area (Å²) >= 11 is 1.42. The van der Waals surface area contributed by atoms with E-state index in [2.05, 4.69) is 56.6 Å². The second-order valence-electron chi connectivity index (χ2n) is 7.83. The Hall–Kier alpha value is -3.39. The molecule has 7 nitrogen and oxygen atoms in total. The molecule has 1 aromatic carbocycles. The molecule has 0 saturated heterocycles. The van der Waals surface area contributed by atoms with Crippen molar-refractivity contribution in [3.63, 3.8) is 0 Å². The first kappa shape index (κ1) is 21.8. The third-order valence-electron chi connectivity index (χ3n) is 5.35. The molecule has 0 aliphatic heterocycles. The summed E-state index contributed by atoms with van der Waals surface area (Å²) in [5.74, 6) is 0.396. The van der Waals surface area contributed by atoms with Gasteiger partial charge < -0.3 is 5.32 Å². The molecule has 0 aliphatic carbocycles. The van der Waals surface area contributed by atoms with Gasteiger partial charge in [0.2, 0.25) is 5.91 Å². The smallest absolute Gasteiger partial charge is 0.251 e. The second-order valence-corrected chi connectivity index (χ2v) is 8.68. The van der Waals surface area contributed by atoms with Crippen molar-refractivity contribution >= 4 is 22.4 Å². The minimum absolute atomic E-state index is 0.126. The molecule has 0 spiro atoms. The number of aromatic nitrogens is 5. The molecule has 0 fully saturated rings. The lowest BCUT2D eigenvalue weighted by Crippen LogP contribution is -2.15. The van der Waals surface area contributed by atoms with Gasteiger partial charge in [0.25, 0.3) is 5.95 Å². The van der Waals surface area contributed by atoms with Crippen LogP contribution in [0.15, 0.2) is 35.7 Å². The van der Waals surface area contributed by atoms with Gasteiger partial charge in [0.05, 0.1) is 17.8 Å². The second kappa shape index (κ2) is 9.00. The molecule has 1 N–H and O–H groups in total. The Morgan fingerprint density at radius 3 is 2.38 bits per heavy atom. The van der Waals surface area contributed by atoms with E-state index >= 15 is 0 Å². The van der Waals surface area contributed by atoms with Crippen molar-refractivity contribution in [3.05, 3.63) is 69.6 Å². The molecular formula is C24H26N6OS. The summed E-state index contributed by atoms with van der Waals surface area (Å²) in [6, 6.07) is 10.3. The molecule has 3 aromatic heterocycles. The Balaban J connectivity index is 1.49. The molecule has 0 unspecified atom stereocenters. The third kappa shape index (κ3) is 4.60. The predicted molar refractivity (Wildman–Crippen MR) is 127 cm³/mol. The molecule has 0 saturated carbocycles. The first-order valence-electron chi connectivity index (χ1n) is 10.6. The highest BCUT2D eigenvalue weighted by molar-refractivity contribution is 7.14. The highest BCUT2D eigenvalue weighted by Crippen LogP contribution is 2.26. The number of nitrogens with one attached hydrogen (secondary N) is 1. The molecule has 4 aromatic rings. The maximum Gasteiger partial charge on any atom is 0.251 e. The summed E-state index contributed by atoms with van der Waals surface area (Å²) in [6.45, 7) is 9.83. The number of thiazole rings is 1. The van der Waals surface area contributed by atoms with Crippen LogP contribution >= 0.6 is 11.3 Å². The lowest BCUT2D eigenvalue weighted by Gasteiger charge is -2.06. The molecule has 0 radical (unpaired) electrons. The minimum atomic E-state index is -0.126. The van der Waals surface area contributed by atoms with Gasteiger partial charge in [-0.3, -0.25) is 4.79 Å². The minimum Gasteiger partial charge on any atom is -0.302 e. The van der Waals surface area contributed by atoms with Crippen LogP contribution in [-0.4, -0.2) is 30.6 Å². The van der Waals surface area contributed by atoms with Crippen LogP contribution in [0.4, 0.5) is 5.13 Å². The van der Waals surface area contributed by atoms with Gasteiger partial charge in [-0.2, -0.15) is 5.10 Å². The van der Waals surface area contributed by atoms with E-state index in [-0.39, 0.29) is 12.3 Å². The van der Waals surface area contributed by atoms with Gasteiger partial charge in [-0.25, -0.2) is 19.6 Å². The van der Waals surface area contributed by atoms with Crippen molar-refractivity contribution in [3.8, 4) is 17.2 Å². The first-order chi connectivity index (χ1) is 15.3. The number of nitrogens with zero attached hydrogens (tertiary/aromatic N) is 5. The van der Waals surface area contributed by atoms with Crippen LogP contribution in [-0.2, 0) is 17.6 Å². The van der Waals surface area contributed by atoms with Crippen molar-refractivity contribution in [2.75, 3.05) is 5.32 Å². The van der Waals surface area contributed by atoms with Gasteiger partial charge in [0.15, 0.2) is 5.13 Å². The summed E-state index contributed by atoms with van der Waals surface area (Å²) < 4.78 is 1.71. The van der Waals surface area contributed by atoms with E-state index in [1.54, 1.807) is 4.68 Å². The average Bonchev–Trinajstić information content (AvgIpc) is 3.33. The van der Waals surface area contributed by atoms with E-state index in [9.17, 15) is 4.79 Å². The largest absolute Gasteiger partial charge is 0.302 e. The van der Waals surface area contributed by atoms with Crippen LogP contribution in [0.5, 0.6) is 0 Å². The standard InChI is InChI=1S/C24H26N6OS/c1-6-18-7-9-19(10-8-18)21-13-32-24(27-21)28-22(31)12-20-16(4)29-30(17(20)5)23-25-14(2)11-15(3)26-23/h7-11,13H,6,12H2,1-5H3,(H,27,28,31). The highest BCUT2D eigenvalue weighted by atomic mass is 32.1. The number of carbonyl (C=O) groups is 1. The lowest BCUT2D eigenvalue weighted by atomic mass is 10.1. The zero-order valence-corrected chi connectivity index (χ0v) is 19.7. The monoisotopic (exact) mass is 446 g/mol. The Morgan fingerprint density at radius 1 is 1.03 bits per heavy atom. The molecular weight excluding hydrogens is 420 g/mol. The van der Waals surface area contributed by atoms with Crippen molar-refractivity contribution in [1.29, 1.82) is 0 Å². The zero-order valence-electron chi connectivity index (χ0n) is 18.9. The molecule has 4 rings (SSSR count). The molecule has 0 aliphatic rings. The van der Waals surface area contributed by atoms with E-state index in [0.717, 1.165) is 46.0 Å². The molecule has 0 atom stereocenters. The van der Waals surface area contributed by atoms with Gasteiger partial charge in [-0.05, 0) is 45.7 Å². The number of amides is 1. The van der Waals surface area contributed by atoms with Gasteiger partial charge in [-0.15, -0.1) is 11.3 Å². The molecule has 0 bridgehead atoms. The molecule has 1 amide bonds. The molecule has 164 valence electrons. The van der Waals surface area contributed by atoms with Gasteiger partial charge in [0.1, 0.15) is 0 Å². The predicted octanol–water partition coefficient (Wildman–Crippen LogP) is 4.76. The van der Waals surface area contributed by atoms with Crippen LogP contribution in [0.25, 0.3) is 17.2 Å². The normalized spacial score (nSPS) is 11.0. The Labute approximate surface area is 191 Å². The number of rotatable bonds is 6. The number of hydrogen-bond acceptors (Lipinski definition) is 6. The van der Waals surface area contributed by atoms with Crippen LogP contribution in [0.2, 0.25) is 0 Å². The fourth-order valence-corrected chi connectivity index (χ4v) is 4.36. The van der Waals surface area contributed by atoms with Crippen molar-refractivity contribution in [2.24, 2.45) is 0 Å². The first-order valence-corrected chi connectivity index (χ1v) is 11.4. The topological polar surface area (TPSA) is 85.6 Å². The molecule has 3 heterocycles. The Morgan fingerprint density at radius 2 is 1.72 bits per heavy atom. The zero-order chi connectivity index (χ0) is 22.8. The van der Waals surface area contributed by atoms with Crippen LogP contribution in [0.3, 0.4) is 0 Å². The number of hydrogen-bond donors (Lipinski definition) is 1. The molecule has 32 heavy (non-hydrogen) atoms. The van der Waals surface area contributed by atoms with E-state index < -0.39 is 0 Å². The summed E-state index contributed by atoms with van der Waals surface area (Å²) in [5, 5.41) is 10.1. The Bertz CT molecular complexity index is 1250. The van der Waals surface area contributed by atoms with Gasteiger partial charge in [0, 0.05) is 33.6 Å². The van der Waals surface area contributed by atoms with Crippen LogP contribution < -0.4 is 5.32 Å². The Kier molecular flexibility index (Phi) is 6.14. The fraction of sp³-hybridized carbons (Fsp3) is 0.292. The summed E-state index contributed by atoms with van der Waals surface area (Å²) in [6.07, 6.45) is 1.21. The van der Waals surface area contributed by atoms with Crippen molar-refractivity contribution < 1.29 is 4.79 Å². The van der Waals surface area contributed by atoms with Crippen LogP contribution in [0, 0.1) is 27.7 Å². The fourth-order valence-electron chi connectivity index (χ4n) is 3.63. The van der Waals surface area contributed by atoms with E-state index in [1.807, 2.05) is 39.1 Å². The van der Waals surface area contributed by atoms with Crippen LogP contribution in [0.1, 0.15) is 40.8 Å². The van der Waals surface area contributed by atoms with E-state index in [0.29, 0.717) is 11.1 Å². The van der Waals surface area contributed by atoms with E-state index in [4.69, 9.17) is 0 Å². The molecule has 8 heteroatoms. The average molecular weight is 447 g/mol. The van der Waals surface area contributed by atoms with Crippen molar-refractivity contribution in [2.45, 2.75) is 47.5 Å². The number of aryl methyl sites for hydroxylation is 4. The maximum atomic E-state index is 12.8. The summed E-state index contributed by atoms with van der Waals surface area (Å²) in [5.41, 5.74) is 7.47. The summed E-state index contributed by atoms with van der Waals surface area (Å²) in [4.78, 5) is 26.3. The van der Waals surface area contributed by atoms with Gasteiger partial charge in [-0.1, -0.05) is 31.2 Å². The van der Waals surface area contributed by atoms with Gasteiger partial charge >= 0.3 is 0 Å². The maximum absolute atomic E-state index is 12.8.